The quantitative estimate of drug-likeness (QED) is 0.931. The second kappa shape index (κ2) is 4.42. The predicted molar refractivity (Wildman–Crippen MR) is 76.2 cm³/mol. The van der Waals surface area contributed by atoms with Crippen LogP contribution >= 0.6 is 11.3 Å². The van der Waals surface area contributed by atoms with Crippen LogP contribution in [0.4, 0.5) is 9.52 Å². The van der Waals surface area contributed by atoms with E-state index in [9.17, 15) is 4.39 Å². The summed E-state index contributed by atoms with van der Waals surface area (Å²) < 4.78 is 19.6. The second-order valence-corrected chi connectivity index (χ2v) is 6.64. The molecular weight excluding hydrogens is 263 g/mol. The number of hydrogen-bond donors (Lipinski definition) is 1. The van der Waals surface area contributed by atoms with Gasteiger partial charge in [-0.2, -0.15) is 0 Å². The molecule has 0 aliphatic heterocycles. The molecule has 0 bridgehead atoms. The number of anilines is 1. The molecule has 0 radical (unpaired) electrons. The van der Waals surface area contributed by atoms with E-state index in [1.807, 2.05) is 0 Å². The Labute approximate surface area is 115 Å². The summed E-state index contributed by atoms with van der Waals surface area (Å²) >= 11 is 1.56. The van der Waals surface area contributed by atoms with Crippen molar-refractivity contribution in [2.24, 2.45) is 5.41 Å². The molecule has 0 amide bonds. The van der Waals surface area contributed by atoms with Gasteiger partial charge in [0, 0.05) is 24.6 Å². The van der Waals surface area contributed by atoms with Crippen LogP contribution in [0.15, 0.2) is 18.2 Å². The van der Waals surface area contributed by atoms with E-state index >= 15 is 0 Å². The van der Waals surface area contributed by atoms with E-state index in [1.165, 1.54) is 12.1 Å². The van der Waals surface area contributed by atoms with Crippen LogP contribution in [0.25, 0.3) is 10.2 Å². The number of halogens is 1. The van der Waals surface area contributed by atoms with Crippen molar-refractivity contribution < 1.29 is 9.13 Å². The number of fused-ring (bicyclic) bond motifs is 1. The average Bonchev–Trinajstić information content (AvgIpc) is 2.75. The third-order valence-corrected chi connectivity index (χ3v) is 5.08. The Bertz CT molecular complexity index is 611. The number of methoxy groups -OCH3 is 1. The number of aromatic nitrogens is 1. The zero-order chi connectivity index (χ0) is 13.6. The molecule has 1 aromatic carbocycles. The lowest BCUT2D eigenvalue weighted by molar-refractivity contribution is -0.0794. The van der Waals surface area contributed by atoms with Crippen LogP contribution in [0.2, 0.25) is 0 Å². The molecule has 102 valence electrons. The molecule has 5 heteroatoms. The Hall–Kier alpha value is -1.20. The Morgan fingerprint density at radius 2 is 2.26 bits per heavy atom. The minimum absolute atomic E-state index is 0.0951. The maximum Gasteiger partial charge on any atom is 0.184 e. The van der Waals surface area contributed by atoms with Crippen LogP contribution in [-0.2, 0) is 4.74 Å². The van der Waals surface area contributed by atoms with Crippen LogP contribution in [0.5, 0.6) is 0 Å². The summed E-state index contributed by atoms with van der Waals surface area (Å²) in [4.78, 5) is 4.44. The fourth-order valence-electron chi connectivity index (χ4n) is 2.64. The van der Waals surface area contributed by atoms with Crippen LogP contribution < -0.4 is 5.32 Å². The van der Waals surface area contributed by atoms with Crippen LogP contribution in [-0.4, -0.2) is 24.2 Å². The van der Waals surface area contributed by atoms with Crippen molar-refractivity contribution in [3.63, 3.8) is 0 Å². The monoisotopic (exact) mass is 280 g/mol. The molecule has 2 atom stereocenters. The minimum atomic E-state index is -0.243. The highest BCUT2D eigenvalue weighted by Crippen LogP contribution is 2.44. The van der Waals surface area contributed by atoms with Crippen molar-refractivity contribution in [1.29, 1.82) is 0 Å². The number of ether oxygens (including phenoxy) is 1. The first-order valence-corrected chi connectivity index (χ1v) is 7.18. The van der Waals surface area contributed by atoms with Gasteiger partial charge in [0.05, 0.1) is 16.3 Å². The SMILES string of the molecule is COC1CC(Nc2nc3cc(F)ccc3s2)C1(C)C. The third kappa shape index (κ3) is 2.11. The fraction of sp³-hybridized carbons (Fsp3) is 0.500. The van der Waals surface area contributed by atoms with Gasteiger partial charge >= 0.3 is 0 Å². The summed E-state index contributed by atoms with van der Waals surface area (Å²) in [5, 5.41) is 4.30. The largest absolute Gasteiger partial charge is 0.381 e. The summed E-state index contributed by atoms with van der Waals surface area (Å²) in [5.74, 6) is -0.243. The van der Waals surface area contributed by atoms with E-state index in [-0.39, 0.29) is 17.3 Å². The van der Waals surface area contributed by atoms with E-state index in [0.717, 1.165) is 16.3 Å². The molecule has 0 saturated heterocycles. The maximum absolute atomic E-state index is 13.1. The second-order valence-electron chi connectivity index (χ2n) is 5.61. The Morgan fingerprint density at radius 1 is 1.47 bits per heavy atom. The van der Waals surface area contributed by atoms with E-state index in [0.29, 0.717) is 11.6 Å². The molecule has 2 aromatic rings. The van der Waals surface area contributed by atoms with Crippen molar-refractivity contribution in [1.82, 2.24) is 4.98 Å². The zero-order valence-electron chi connectivity index (χ0n) is 11.2. The summed E-state index contributed by atoms with van der Waals surface area (Å²) in [7, 11) is 1.75. The van der Waals surface area contributed by atoms with Crippen LogP contribution in [0.3, 0.4) is 0 Å². The summed E-state index contributed by atoms with van der Waals surface area (Å²) in [6.45, 7) is 4.38. The highest BCUT2D eigenvalue weighted by atomic mass is 32.1. The summed E-state index contributed by atoms with van der Waals surface area (Å²) in [5.41, 5.74) is 0.811. The molecule has 1 fully saturated rings. The number of hydrogen-bond acceptors (Lipinski definition) is 4. The molecule has 3 nitrogen and oxygen atoms in total. The van der Waals surface area contributed by atoms with Crippen molar-refractivity contribution in [2.75, 3.05) is 12.4 Å². The van der Waals surface area contributed by atoms with Gasteiger partial charge in [-0.1, -0.05) is 25.2 Å². The van der Waals surface area contributed by atoms with Gasteiger partial charge in [-0.3, -0.25) is 0 Å². The summed E-state index contributed by atoms with van der Waals surface area (Å²) in [6, 6.07) is 5.07. The van der Waals surface area contributed by atoms with Gasteiger partial charge in [-0.05, 0) is 18.6 Å². The third-order valence-electron chi connectivity index (χ3n) is 4.11. The van der Waals surface area contributed by atoms with Crippen LogP contribution in [0, 0.1) is 11.2 Å². The molecule has 3 rings (SSSR count). The lowest BCUT2D eigenvalue weighted by Gasteiger charge is -2.51. The number of nitrogens with one attached hydrogen (secondary N) is 1. The number of rotatable bonds is 3. The first-order chi connectivity index (χ1) is 9.00. The Kier molecular flexibility index (Phi) is 2.98. The van der Waals surface area contributed by atoms with Gasteiger partial charge in [0.25, 0.3) is 0 Å². The van der Waals surface area contributed by atoms with Gasteiger partial charge in [0.15, 0.2) is 5.13 Å². The van der Waals surface area contributed by atoms with Gasteiger partial charge in [0.1, 0.15) is 5.82 Å². The summed E-state index contributed by atoms with van der Waals surface area (Å²) in [6.07, 6.45) is 1.27. The van der Waals surface area contributed by atoms with E-state index in [2.05, 4.69) is 24.1 Å². The number of thiazole rings is 1. The van der Waals surface area contributed by atoms with E-state index in [1.54, 1.807) is 24.5 Å². The molecule has 1 saturated carbocycles. The van der Waals surface area contributed by atoms with Crippen LogP contribution in [0.1, 0.15) is 20.3 Å². The molecule has 1 aromatic heterocycles. The fourth-order valence-corrected chi connectivity index (χ4v) is 3.54. The van der Waals surface area contributed by atoms with Crippen molar-refractivity contribution in [3.8, 4) is 0 Å². The Balaban J connectivity index is 1.79. The zero-order valence-corrected chi connectivity index (χ0v) is 12.1. The van der Waals surface area contributed by atoms with Crippen molar-refractivity contribution >= 4 is 26.7 Å². The van der Waals surface area contributed by atoms with Gasteiger partial charge in [-0.15, -0.1) is 0 Å². The first-order valence-electron chi connectivity index (χ1n) is 6.36. The average molecular weight is 280 g/mol. The topological polar surface area (TPSA) is 34.1 Å². The molecule has 1 aliphatic rings. The maximum atomic E-state index is 13.1. The normalized spacial score (nSPS) is 25.3. The molecule has 1 N–H and O–H groups in total. The van der Waals surface area contributed by atoms with Gasteiger partial charge in [-0.25, -0.2) is 9.37 Å². The standard InChI is InChI=1S/C14H17FN2OS/c1-14(2)11(7-12(14)18-3)17-13-16-9-6-8(15)4-5-10(9)19-13/h4-6,11-12H,7H2,1-3H3,(H,16,17). The minimum Gasteiger partial charge on any atom is -0.381 e. The molecule has 1 heterocycles. The molecule has 2 unspecified atom stereocenters. The smallest absolute Gasteiger partial charge is 0.184 e. The Morgan fingerprint density at radius 3 is 2.95 bits per heavy atom. The van der Waals surface area contributed by atoms with E-state index in [4.69, 9.17) is 4.74 Å². The molecule has 0 spiro atoms. The number of benzene rings is 1. The van der Waals surface area contributed by atoms with Crippen molar-refractivity contribution in [3.05, 3.63) is 24.0 Å². The molecule has 1 aliphatic carbocycles. The lowest BCUT2D eigenvalue weighted by atomic mass is 9.64. The number of nitrogens with zero attached hydrogens (tertiary/aromatic N) is 1. The molecular formula is C14H17FN2OS. The first kappa shape index (κ1) is 12.8. The predicted octanol–water partition coefficient (Wildman–Crippen LogP) is 3.66. The highest BCUT2D eigenvalue weighted by Gasteiger charge is 2.48. The molecule has 19 heavy (non-hydrogen) atoms. The van der Waals surface area contributed by atoms with E-state index < -0.39 is 0 Å². The van der Waals surface area contributed by atoms with Crippen molar-refractivity contribution in [2.45, 2.75) is 32.4 Å². The highest BCUT2D eigenvalue weighted by molar-refractivity contribution is 7.22. The van der Waals surface area contributed by atoms with Gasteiger partial charge in [0.2, 0.25) is 0 Å². The lowest BCUT2D eigenvalue weighted by Crippen LogP contribution is -2.57. The van der Waals surface area contributed by atoms with Gasteiger partial charge < -0.3 is 10.1 Å².